The number of aliphatic imine (C=N–C) groups is 1. The SMILES string of the molecule is COc1ccc([C@@H]2N=C(c3ccc(Br)cc3)NC(=O)[C@H]2NC(=O)c2ccccc2)cc1. The third-order valence-corrected chi connectivity index (χ3v) is 5.53. The summed E-state index contributed by atoms with van der Waals surface area (Å²) in [7, 11) is 1.59. The Morgan fingerprint density at radius 2 is 1.68 bits per heavy atom. The van der Waals surface area contributed by atoms with Crippen molar-refractivity contribution in [1.29, 1.82) is 0 Å². The van der Waals surface area contributed by atoms with Gasteiger partial charge in [0.25, 0.3) is 11.8 Å². The molecule has 6 nitrogen and oxygen atoms in total. The van der Waals surface area contributed by atoms with Gasteiger partial charge < -0.3 is 15.4 Å². The second-order valence-electron chi connectivity index (χ2n) is 7.01. The Bertz CT molecular complexity index is 1110. The minimum Gasteiger partial charge on any atom is -0.497 e. The van der Waals surface area contributed by atoms with Crippen LogP contribution in [0.2, 0.25) is 0 Å². The molecular formula is C24H20BrN3O3. The number of nitrogens with one attached hydrogen (secondary N) is 2. The van der Waals surface area contributed by atoms with Gasteiger partial charge in [0.2, 0.25) is 0 Å². The zero-order valence-corrected chi connectivity index (χ0v) is 18.3. The average molecular weight is 478 g/mol. The summed E-state index contributed by atoms with van der Waals surface area (Å²) in [6, 6.07) is 22.2. The van der Waals surface area contributed by atoms with E-state index in [9.17, 15) is 9.59 Å². The highest BCUT2D eigenvalue weighted by molar-refractivity contribution is 9.10. The van der Waals surface area contributed by atoms with Crippen molar-refractivity contribution in [2.45, 2.75) is 12.1 Å². The third-order valence-electron chi connectivity index (χ3n) is 5.01. The number of carbonyl (C=O) groups excluding carboxylic acids is 2. The molecule has 0 spiro atoms. The lowest BCUT2D eigenvalue weighted by Gasteiger charge is -2.30. The van der Waals surface area contributed by atoms with Crippen molar-refractivity contribution in [3.63, 3.8) is 0 Å². The number of amidine groups is 1. The molecule has 3 aromatic carbocycles. The maximum Gasteiger partial charge on any atom is 0.252 e. The summed E-state index contributed by atoms with van der Waals surface area (Å²) < 4.78 is 6.17. The molecule has 0 saturated carbocycles. The van der Waals surface area contributed by atoms with E-state index in [4.69, 9.17) is 9.73 Å². The second kappa shape index (κ2) is 9.14. The number of amides is 2. The quantitative estimate of drug-likeness (QED) is 0.585. The first-order chi connectivity index (χ1) is 15.0. The molecule has 2 amide bonds. The van der Waals surface area contributed by atoms with Crippen LogP contribution in [0, 0.1) is 0 Å². The van der Waals surface area contributed by atoms with Crippen LogP contribution >= 0.6 is 15.9 Å². The fourth-order valence-electron chi connectivity index (χ4n) is 3.36. The summed E-state index contributed by atoms with van der Waals surface area (Å²) in [6.45, 7) is 0. The van der Waals surface area contributed by atoms with Crippen LogP contribution in [0.15, 0.2) is 88.3 Å². The lowest BCUT2D eigenvalue weighted by Crippen LogP contribution is -2.54. The van der Waals surface area contributed by atoms with E-state index in [1.807, 2.05) is 54.6 Å². The van der Waals surface area contributed by atoms with Gasteiger partial charge in [-0.3, -0.25) is 14.6 Å². The molecule has 4 rings (SSSR count). The van der Waals surface area contributed by atoms with Gasteiger partial charge in [-0.05, 0) is 42.0 Å². The van der Waals surface area contributed by atoms with Gasteiger partial charge >= 0.3 is 0 Å². The Morgan fingerprint density at radius 3 is 2.32 bits per heavy atom. The monoisotopic (exact) mass is 477 g/mol. The third kappa shape index (κ3) is 4.67. The van der Waals surface area contributed by atoms with Gasteiger partial charge in [0.05, 0.1) is 7.11 Å². The topological polar surface area (TPSA) is 79.8 Å². The zero-order chi connectivity index (χ0) is 21.8. The lowest BCUT2D eigenvalue weighted by atomic mass is 9.96. The number of methoxy groups -OCH3 is 1. The minimum atomic E-state index is -0.861. The highest BCUT2D eigenvalue weighted by Crippen LogP contribution is 2.28. The van der Waals surface area contributed by atoms with E-state index in [0.717, 1.165) is 15.6 Å². The molecule has 1 aliphatic heterocycles. The van der Waals surface area contributed by atoms with Crippen molar-refractivity contribution in [1.82, 2.24) is 10.6 Å². The summed E-state index contributed by atoms with van der Waals surface area (Å²) >= 11 is 3.42. The first-order valence-corrected chi connectivity index (χ1v) is 10.5. The van der Waals surface area contributed by atoms with Gasteiger partial charge in [0.15, 0.2) is 0 Å². The van der Waals surface area contributed by atoms with E-state index in [2.05, 4.69) is 26.6 Å². The fraction of sp³-hybridized carbons (Fsp3) is 0.125. The number of halogens is 1. The lowest BCUT2D eigenvalue weighted by molar-refractivity contribution is -0.122. The average Bonchev–Trinajstić information content (AvgIpc) is 2.81. The van der Waals surface area contributed by atoms with E-state index in [-0.39, 0.29) is 11.8 Å². The van der Waals surface area contributed by atoms with E-state index in [0.29, 0.717) is 17.1 Å². The molecular weight excluding hydrogens is 458 g/mol. The number of nitrogens with zero attached hydrogens (tertiary/aromatic N) is 1. The summed E-state index contributed by atoms with van der Waals surface area (Å²) in [4.78, 5) is 30.6. The Balaban J connectivity index is 1.70. The Kier molecular flexibility index (Phi) is 6.13. The van der Waals surface area contributed by atoms with Crippen LogP contribution < -0.4 is 15.4 Å². The molecule has 3 aromatic rings. The van der Waals surface area contributed by atoms with Crippen LogP contribution in [0.5, 0.6) is 5.75 Å². The van der Waals surface area contributed by atoms with Crippen LogP contribution in [0.25, 0.3) is 0 Å². The second-order valence-corrected chi connectivity index (χ2v) is 7.92. The predicted octanol–water partition coefficient (Wildman–Crippen LogP) is 3.87. The van der Waals surface area contributed by atoms with Crippen LogP contribution in [0.1, 0.15) is 27.5 Å². The van der Waals surface area contributed by atoms with Crippen molar-refractivity contribution >= 4 is 33.6 Å². The van der Waals surface area contributed by atoms with Crippen molar-refractivity contribution in [2.24, 2.45) is 4.99 Å². The van der Waals surface area contributed by atoms with Crippen LogP contribution in [-0.4, -0.2) is 30.8 Å². The number of carbonyl (C=O) groups is 2. The molecule has 0 saturated heterocycles. The molecule has 31 heavy (non-hydrogen) atoms. The largest absolute Gasteiger partial charge is 0.497 e. The van der Waals surface area contributed by atoms with Gasteiger partial charge in [0.1, 0.15) is 23.7 Å². The highest BCUT2D eigenvalue weighted by Gasteiger charge is 2.36. The normalized spacial score (nSPS) is 18.0. The first kappa shape index (κ1) is 20.8. The van der Waals surface area contributed by atoms with Crippen molar-refractivity contribution in [3.8, 4) is 5.75 Å². The number of hydrogen-bond acceptors (Lipinski definition) is 4. The number of ether oxygens (including phenoxy) is 1. The van der Waals surface area contributed by atoms with Gasteiger partial charge in [-0.2, -0.15) is 0 Å². The molecule has 0 radical (unpaired) electrons. The first-order valence-electron chi connectivity index (χ1n) is 9.69. The van der Waals surface area contributed by atoms with Gasteiger partial charge in [-0.1, -0.05) is 58.4 Å². The maximum atomic E-state index is 13.1. The van der Waals surface area contributed by atoms with Crippen molar-refractivity contribution in [2.75, 3.05) is 7.11 Å². The summed E-state index contributed by atoms with van der Waals surface area (Å²) in [5, 5.41) is 5.68. The highest BCUT2D eigenvalue weighted by atomic mass is 79.9. The molecule has 2 atom stereocenters. The molecule has 7 heteroatoms. The number of benzene rings is 3. The standard InChI is InChI=1S/C24H20BrN3O3/c1-31-19-13-9-15(10-14-19)20-21(27-23(29)17-5-3-2-4-6-17)24(30)28-22(26-20)16-7-11-18(25)12-8-16/h2-14,20-21H,1H3,(H,27,29)(H,26,28,30)/t20-,21-/m0/s1. The fourth-order valence-corrected chi connectivity index (χ4v) is 3.63. The summed E-state index contributed by atoms with van der Waals surface area (Å²) in [5.41, 5.74) is 2.05. The molecule has 0 bridgehead atoms. The molecule has 156 valence electrons. The number of rotatable bonds is 5. The summed E-state index contributed by atoms with van der Waals surface area (Å²) in [5.74, 6) is 0.508. The van der Waals surface area contributed by atoms with Crippen LogP contribution in [0.4, 0.5) is 0 Å². The van der Waals surface area contributed by atoms with Gasteiger partial charge in [0, 0.05) is 15.6 Å². The molecule has 2 N–H and O–H groups in total. The molecule has 1 aliphatic rings. The number of hydrogen-bond donors (Lipinski definition) is 2. The van der Waals surface area contributed by atoms with Gasteiger partial charge in [-0.25, -0.2) is 0 Å². The van der Waals surface area contributed by atoms with E-state index >= 15 is 0 Å². The molecule has 0 unspecified atom stereocenters. The van der Waals surface area contributed by atoms with Crippen LogP contribution in [0.3, 0.4) is 0 Å². The van der Waals surface area contributed by atoms with Crippen molar-refractivity contribution < 1.29 is 14.3 Å². The van der Waals surface area contributed by atoms with E-state index in [1.54, 1.807) is 31.4 Å². The molecule has 0 aromatic heterocycles. The maximum absolute atomic E-state index is 13.1. The predicted molar refractivity (Wildman–Crippen MR) is 122 cm³/mol. The molecule has 1 heterocycles. The Morgan fingerprint density at radius 1 is 1.00 bits per heavy atom. The Labute approximate surface area is 188 Å². The van der Waals surface area contributed by atoms with E-state index < -0.39 is 12.1 Å². The smallest absolute Gasteiger partial charge is 0.252 e. The van der Waals surface area contributed by atoms with E-state index in [1.165, 1.54) is 0 Å². The Hall–Kier alpha value is -3.45. The summed E-state index contributed by atoms with van der Waals surface area (Å²) in [6.07, 6.45) is 0. The van der Waals surface area contributed by atoms with Gasteiger partial charge in [-0.15, -0.1) is 0 Å². The zero-order valence-electron chi connectivity index (χ0n) is 16.7. The molecule has 0 fully saturated rings. The minimum absolute atomic E-state index is 0.321. The molecule has 0 aliphatic carbocycles. The van der Waals surface area contributed by atoms with Crippen LogP contribution in [-0.2, 0) is 4.79 Å². The van der Waals surface area contributed by atoms with Crippen molar-refractivity contribution in [3.05, 3.63) is 100 Å².